The molecule has 1 aromatic rings. The maximum absolute atomic E-state index is 14.4. The lowest BCUT2D eigenvalue weighted by Gasteiger charge is -2.37. The zero-order chi connectivity index (χ0) is 14.5. The minimum atomic E-state index is -0.138. The Morgan fingerprint density at radius 1 is 1.50 bits per heavy atom. The number of nitrogens with zero attached hydrogens (tertiary/aromatic N) is 1. The van der Waals surface area contributed by atoms with Crippen molar-refractivity contribution >= 4 is 5.69 Å². The molecule has 0 saturated carbocycles. The van der Waals surface area contributed by atoms with Gasteiger partial charge in [0.15, 0.2) is 0 Å². The second-order valence-corrected chi connectivity index (χ2v) is 5.47. The third-order valence-electron chi connectivity index (χ3n) is 3.84. The second kappa shape index (κ2) is 7.04. The lowest BCUT2D eigenvalue weighted by molar-refractivity contribution is 0.0984. The first kappa shape index (κ1) is 15.3. The average Bonchev–Trinajstić information content (AvgIpc) is 2.45. The van der Waals surface area contributed by atoms with Crippen molar-refractivity contribution in [1.82, 2.24) is 5.32 Å². The molecule has 0 spiro atoms. The number of benzene rings is 1. The van der Waals surface area contributed by atoms with Crippen LogP contribution in [0.4, 0.5) is 10.1 Å². The van der Waals surface area contributed by atoms with Crippen LogP contribution in [0.5, 0.6) is 0 Å². The highest BCUT2D eigenvalue weighted by Crippen LogP contribution is 2.31. The number of nitrogens with one attached hydrogen (secondary N) is 1. The molecule has 1 fully saturated rings. The zero-order valence-corrected chi connectivity index (χ0v) is 12.7. The molecule has 112 valence electrons. The zero-order valence-electron chi connectivity index (χ0n) is 12.7. The van der Waals surface area contributed by atoms with E-state index in [2.05, 4.69) is 31.0 Å². The lowest BCUT2D eigenvalue weighted by atomic mass is 10.0. The minimum absolute atomic E-state index is 0.138. The van der Waals surface area contributed by atoms with Crippen molar-refractivity contribution in [3.05, 3.63) is 29.6 Å². The van der Waals surface area contributed by atoms with Crippen LogP contribution in [-0.4, -0.2) is 32.3 Å². The molecule has 2 rings (SSSR count). The van der Waals surface area contributed by atoms with Gasteiger partial charge in [0.1, 0.15) is 5.82 Å². The van der Waals surface area contributed by atoms with E-state index < -0.39 is 0 Å². The van der Waals surface area contributed by atoms with E-state index in [0.717, 1.165) is 30.8 Å². The third kappa shape index (κ3) is 3.30. The van der Waals surface area contributed by atoms with Crippen LogP contribution >= 0.6 is 0 Å². The predicted octanol–water partition coefficient (Wildman–Crippen LogP) is 3.11. The predicted molar refractivity (Wildman–Crippen MR) is 80.7 cm³/mol. The van der Waals surface area contributed by atoms with Gasteiger partial charge in [-0.05, 0) is 38.4 Å². The van der Waals surface area contributed by atoms with Gasteiger partial charge in [0, 0.05) is 18.6 Å². The molecule has 20 heavy (non-hydrogen) atoms. The van der Waals surface area contributed by atoms with Gasteiger partial charge in [0.25, 0.3) is 0 Å². The summed E-state index contributed by atoms with van der Waals surface area (Å²) in [5, 5.41) is 3.45. The van der Waals surface area contributed by atoms with Crippen LogP contribution in [0.2, 0.25) is 0 Å². The van der Waals surface area contributed by atoms with E-state index in [-0.39, 0.29) is 17.9 Å². The molecule has 1 saturated heterocycles. The number of halogens is 1. The summed E-state index contributed by atoms with van der Waals surface area (Å²) >= 11 is 0. The van der Waals surface area contributed by atoms with Crippen LogP contribution in [0.15, 0.2) is 18.2 Å². The fraction of sp³-hybridized carbons (Fsp3) is 0.625. The number of hydrogen-bond donors (Lipinski definition) is 1. The summed E-state index contributed by atoms with van der Waals surface area (Å²) in [7, 11) is 0. The smallest absolute Gasteiger partial charge is 0.146 e. The van der Waals surface area contributed by atoms with Crippen LogP contribution in [0.3, 0.4) is 0 Å². The monoisotopic (exact) mass is 280 g/mol. The molecule has 1 aliphatic rings. The molecular formula is C16H25FN2O. The van der Waals surface area contributed by atoms with Crippen molar-refractivity contribution in [3.63, 3.8) is 0 Å². The van der Waals surface area contributed by atoms with Crippen LogP contribution < -0.4 is 10.2 Å². The highest BCUT2D eigenvalue weighted by atomic mass is 19.1. The topological polar surface area (TPSA) is 24.5 Å². The number of hydrogen-bond acceptors (Lipinski definition) is 3. The molecular weight excluding hydrogens is 255 g/mol. The molecule has 3 nitrogen and oxygen atoms in total. The largest absolute Gasteiger partial charge is 0.377 e. The summed E-state index contributed by atoms with van der Waals surface area (Å²) in [5.74, 6) is -0.138. The van der Waals surface area contributed by atoms with Gasteiger partial charge >= 0.3 is 0 Å². The number of para-hydroxylation sites is 1. The van der Waals surface area contributed by atoms with Crippen LogP contribution in [-0.2, 0) is 4.74 Å². The summed E-state index contributed by atoms with van der Waals surface area (Å²) in [5.41, 5.74) is 1.77. The Morgan fingerprint density at radius 3 is 3.00 bits per heavy atom. The summed E-state index contributed by atoms with van der Waals surface area (Å²) in [6, 6.07) is 5.72. The van der Waals surface area contributed by atoms with Crippen LogP contribution in [0, 0.1) is 5.82 Å². The van der Waals surface area contributed by atoms with E-state index in [1.54, 1.807) is 12.1 Å². The summed E-state index contributed by atoms with van der Waals surface area (Å²) < 4.78 is 19.8. The fourth-order valence-corrected chi connectivity index (χ4v) is 2.71. The van der Waals surface area contributed by atoms with Gasteiger partial charge in [0.2, 0.25) is 0 Å². The van der Waals surface area contributed by atoms with Gasteiger partial charge < -0.3 is 15.0 Å². The van der Waals surface area contributed by atoms with Gasteiger partial charge in [-0.2, -0.15) is 0 Å². The highest BCUT2D eigenvalue weighted by molar-refractivity contribution is 5.57. The number of morpholine rings is 1. The van der Waals surface area contributed by atoms with Crippen molar-refractivity contribution in [2.24, 2.45) is 0 Å². The van der Waals surface area contributed by atoms with Crippen LogP contribution in [0.25, 0.3) is 0 Å². The molecule has 0 amide bonds. The summed E-state index contributed by atoms with van der Waals surface area (Å²) in [4.78, 5) is 2.14. The quantitative estimate of drug-likeness (QED) is 0.897. The molecule has 2 unspecified atom stereocenters. The normalized spacial score (nSPS) is 21.0. The molecule has 2 atom stereocenters. The average molecular weight is 280 g/mol. The Kier molecular flexibility index (Phi) is 5.38. The molecule has 1 aromatic carbocycles. The third-order valence-corrected chi connectivity index (χ3v) is 3.84. The molecule has 0 aliphatic carbocycles. The van der Waals surface area contributed by atoms with Crippen molar-refractivity contribution in [3.8, 4) is 0 Å². The van der Waals surface area contributed by atoms with Gasteiger partial charge in [-0.25, -0.2) is 4.39 Å². The van der Waals surface area contributed by atoms with E-state index in [1.807, 2.05) is 6.07 Å². The van der Waals surface area contributed by atoms with Crippen molar-refractivity contribution in [2.45, 2.75) is 39.3 Å². The highest BCUT2D eigenvalue weighted by Gasteiger charge is 2.25. The van der Waals surface area contributed by atoms with Gasteiger partial charge in [-0.3, -0.25) is 0 Å². The summed E-state index contributed by atoms with van der Waals surface area (Å²) in [6.45, 7) is 9.32. The number of anilines is 1. The van der Waals surface area contributed by atoms with E-state index >= 15 is 0 Å². The molecule has 4 heteroatoms. The number of rotatable bonds is 5. The molecule has 1 heterocycles. The molecule has 1 aliphatic heterocycles. The molecule has 0 bridgehead atoms. The lowest BCUT2D eigenvalue weighted by Crippen LogP contribution is -2.45. The second-order valence-electron chi connectivity index (χ2n) is 5.47. The first-order chi connectivity index (χ1) is 9.65. The van der Waals surface area contributed by atoms with Crippen LogP contribution in [0.1, 0.15) is 38.8 Å². The Labute approximate surface area is 121 Å². The SMILES string of the molecule is CCCNC(C)c1cccc(F)c1N1CCOCC1C. The minimum Gasteiger partial charge on any atom is -0.377 e. The van der Waals surface area contributed by atoms with Crippen molar-refractivity contribution < 1.29 is 9.13 Å². The van der Waals surface area contributed by atoms with E-state index in [9.17, 15) is 4.39 Å². The molecule has 0 radical (unpaired) electrons. The Hall–Kier alpha value is -1.13. The molecule has 0 aromatic heterocycles. The van der Waals surface area contributed by atoms with Gasteiger partial charge in [0.05, 0.1) is 18.9 Å². The van der Waals surface area contributed by atoms with E-state index in [4.69, 9.17) is 4.74 Å². The summed E-state index contributed by atoms with van der Waals surface area (Å²) in [6.07, 6.45) is 1.07. The standard InChI is InChI=1S/C16H25FN2O/c1-4-8-18-13(3)14-6-5-7-15(17)16(14)19-9-10-20-11-12(19)2/h5-7,12-13,18H,4,8-11H2,1-3H3. The van der Waals surface area contributed by atoms with Crippen molar-refractivity contribution in [1.29, 1.82) is 0 Å². The number of ether oxygens (including phenoxy) is 1. The maximum atomic E-state index is 14.4. The first-order valence-corrected chi connectivity index (χ1v) is 7.51. The Balaban J connectivity index is 2.30. The Bertz CT molecular complexity index is 438. The maximum Gasteiger partial charge on any atom is 0.146 e. The molecule has 1 N–H and O–H groups in total. The Morgan fingerprint density at radius 2 is 2.30 bits per heavy atom. The van der Waals surface area contributed by atoms with Gasteiger partial charge in [-0.15, -0.1) is 0 Å². The fourth-order valence-electron chi connectivity index (χ4n) is 2.71. The first-order valence-electron chi connectivity index (χ1n) is 7.51. The van der Waals surface area contributed by atoms with E-state index in [0.29, 0.717) is 13.2 Å². The van der Waals surface area contributed by atoms with Crippen molar-refractivity contribution in [2.75, 3.05) is 31.2 Å². The van der Waals surface area contributed by atoms with Gasteiger partial charge in [-0.1, -0.05) is 19.1 Å². The van der Waals surface area contributed by atoms with E-state index in [1.165, 1.54) is 0 Å².